The van der Waals surface area contributed by atoms with Gasteiger partial charge in [0.05, 0.1) is 0 Å². The van der Waals surface area contributed by atoms with Crippen LogP contribution in [0.3, 0.4) is 0 Å². The molecule has 0 aliphatic heterocycles. The minimum absolute atomic E-state index is 0.204. The van der Waals surface area contributed by atoms with Gasteiger partial charge < -0.3 is 0 Å². The van der Waals surface area contributed by atoms with Gasteiger partial charge in [0.15, 0.2) is 5.78 Å². The van der Waals surface area contributed by atoms with Gasteiger partial charge in [0.2, 0.25) is 0 Å². The molecule has 0 saturated heterocycles. The van der Waals surface area contributed by atoms with Crippen LogP contribution in [-0.4, -0.2) is 5.78 Å². The quantitative estimate of drug-likeness (QED) is 0.734. The summed E-state index contributed by atoms with van der Waals surface area (Å²) in [6.07, 6.45) is 1.38. The van der Waals surface area contributed by atoms with E-state index < -0.39 is 0 Å². The van der Waals surface area contributed by atoms with Crippen molar-refractivity contribution in [3.05, 3.63) is 69.2 Å². The zero-order valence-electron chi connectivity index (χ0n) is 11.2. The Morgan fingerprint density at radius 1 is 1.00 bits per heavy atom. The minimum Gasteiger partial charge on any atom is -0.294 e. The summed E-state index contributed by atoms with van der Waals surface area (Å²) in [6.45, 7) is 4.21. The molecule has 0 aliphatic rings. The summed E-state index contributed by atoms with van der Waals surface area (Å²) in [5, 5.41) is 0. The summed E-state index contributed by atoms with van der Waals surface area (Å²) < 4.78 is 0.999. The molecule has 0 aromatic heterocycles. The Hall–Kier alpha value is -1.41. The molecule has 0 radical (unpaired) electrons. The van der Waals surface area contributed by atoms with Crippen molar-refractivity contribution in [3.63, 3.8) is 0 Å². The van der Waals surface area contributed by atoms with E-state index in [4.69, 9.17) is 0 Å². The van der Waals surface area contributed by atoms with Crippen LogP contribution < -0.4 is 0 Å². The maximum Gasteiger partial charge on any atom is 0.163 e. The van der Waals surface area contributed by atoms with E-state index in [-0.39, 0.29) is 5.78 Å². The first-order valence-electron chi connectivity index (χ1n) is 6.42. The largest absolute Gasteiger partial charge is 0.294 e. The van der Waals surface area contributed by atoms with Crippen LogP contribution in [0.1, 0.15) is 33.5 Å². The molecule has 0 spiro atoms. The Morgan fingerprint density at radius 3 is 2.16 bits per heavy atom. The molecule has 0 amide bonds. The number of ketones is 1. The van der Waals surface area contributed by atoms with Crippen molar-refractivity contribution < 1.29 is 4.79 Å². The van der Waals surface area contributed by atoms with Gasteiger partial charge in [0.1, 0.15) is 0 Å². The molecule has 0 unspecified atom stereocenters. The van der Waals surface area contributed by atoms with Gasteiger partial charge in [-0.1, -0.05) is 46.3 Å². The molecule has 0 atom stereocenters. The first-order valence-corrected chi connectivity index (χ1v) is 7.21. The summed E-state index contributed by atoms with van der Waals surface area (Å²) in [5.74, 6) is 0.204. The number of hydrogen-bond acceptors (Lipinski definition) is 1. The number of aryl methyl sites for hydroxylation is 2. The summed E-state index contributed by atoms with van der Waals surface area (Å²) in [5.41, 5.74) is 4.62. The summed E-state index contributed by atoms with van der Waals surface area (Å²) in [6, 6.07) is 13.8. The molecular formula is C17H17BrO. The molecule has 0 fully saturated rings. The zero-order chi connectivity index (χ0) is 13.8. The zero-order valence-corrected chi connectivity index (χ0v) is 12.8. The predicted molar refractivity (Wildman–Crippen MR) is 82.7 cm³/mol. The van der Waals surface area contributed by atoms with E-state index in [9.17, 15) is 4.79 Å². The van der Waals surface area contributed by atoms with Crippen LogP contribution in [-0.2, 0) is 6.42 Å². The molecule has 0 heterocycles. The first-order chi connectivity index (χ1) is 9.08. The normalized spacial score (nSPS) is 10.5. The highest BCUT2D eigenvalue weighted by molar-refractivity contribution is 9.10. The maximum atomic E-state index is 12.1. The molecule has 2 aromatic carbocycles. The van der Waals surface area contributed by atoms with Crippen LogP contribution in [0.4, 0.5) is 0 Å². The van der Waals surface area contributed by atoms with Crippen molar-refractivity contribution in [2.75, 3.05) is 0 Å². The van der Waals surface area contributed by atoms with Gasteiger partial charge in [-0.05, 0) is 49.1 Å². The monoisotopic (exact) mass is 316 g/mol. The van der Waals surface area contributed by atoms with Crippen LogP contribution >= 0.6 is 15.9 Å². The molecule has 2 aromatic rings. The Bertz CT molecular complexity index is 564. The maximum absolute atomic E-state index is 12.1. The van der Waals surface area contributed by atoms with E-state index in [1.54, 1.807) is 0 Å². The average Bonchev–Trinajstić information content (AvgIpc) is 2.38. The molecule has 19 heavy (non-hydrogen) atoms. The highest BCUT2D eigenvalue weighted by atomic mass is 79.9. The van der Waals surface area contributed by atoms with Gasteiger partial charge in [-0.15, -0.1) is 0 Å². The third-order valence-electron chi connectivity index (χ3n) is 3.41. The van der Waals surface area contributed by atoms with E-state index >= 15 is 0 Å². The van der Waals surface area contributed by atoms with Crippen LogP contribution in [0.5, 0.6) is 0 Å². The van der Waals surface area contributed by atoms with Crippen LogP contribution in [0.25, 0.3) is 0 Å². The lowest BCUT2D eigenvalue weighted by molar-refractivity contribution is 0.0983. The number of benzene rings is 2. The minimum atomic E-state index is 0.204. The fraction of sp³-hybridized carbons (Fsp3) is 0.235. The van der Waals surface area contributed by atoms with Gasteiger partial charge >= 0.3 is 0 Å². The third kappa shape index (κ3) is 3.54. The van der Waals surface area contributed by atoms with Gasteiger partial charge in [-0.3, -0.25) is 4.79 Å². The second-order valence-electron chi connectivity index (χ2n) is 4.80. The molecular weight excluding hydrogens is 300 g/mol. The molecule has 0 aliphatic carbocycles. The van der Waals surface area contributed by atoms with Gasteiger partial charge in [0, 0.05) is 16.5 Å². The van der Waals surface area contributed by atoms with Crippen LogP contribution in [0.2, 0.25) is 0 Å². The molecule has 0 N–H and O–H groups in total. The third-order valence-corrected chi connectivity index (χ3v) is 3.94. The summed E-state index contributed by atoms with van der Waals surface area (Å²) in [7, 11) is 0. The standard InChI is InChI=1S/C17H17BrO/c1-12-4-3-5-13(2)16(12)10-11-17(19)14-6-8-15(18)9-7-14/h3-9H,10-11H2,1-2H3. The molecule has 2 rings (SSSR count). The SMILES string of the molecule is Cc1cccc(C)c1CCC(=O)c1ccc(Br)cc1. The number of hydrogen-bond donors (Lipinski definition) is 0. The van der Waals surface area contributed by atoms with Crippen molar-refractivity contribution in [1.82, 2.24) is 0 Å². The lowest BCUT2D eigenvalue weighted by atomic mass is 9.96. The van der Waals surface area contributed by atoms with Crippen LogP contribution in [0, 0.1) is 13.8 Å². The Labute approximate surface area is 122 Å². The van der Waals surface area contributed by atoms with Gasteiger partial charge in [-0.2, -0.15) is 0 Å². The van der Waals surface area contributed by atoms with Gasteiger partial charge in [-0.25, -0.2) is 0 Å². The number of halogens is 1. The second-order valence-corrected chi connectivity index (χ2v) is 5.72. The number of carbonyl (C=O) groups excluding carboxylic acids is 1. The lowest BCUT2D eigenvalue weighted by Crippen LogP contribution is -2.03. The number of rotatable bonds is 4. The van der Waals surface area contributed by atoms with Crippen LogP contribution in [0.15, 0.2) is 46.9 Å². The van der Waals surface area contributed by atoms with Crippen molar-refractivity contribution in [1.29, 1.82) is 0 Å². The Morgan fingerprint density at radius 2 is 1.58 bits per heavy atom. The fourth-order valence-electron chi connectivity index (χ4n) is 2.26. The van der Waals surface area contributed by atoms with Crippen molar-refractivity contribution in [3.8, 4) is 0 Å². The second kappa shape index (κ2) is 6.16. The molecule has 2 heteroatoms. The average molecular weight is 317 g/mol. The first kappa shape index (κ1) is 14.0. The number of carbonyl (C=O) groups is 1. The van der Waals surface area contributed by atoms with Gasteiger partial charge in [0.25, 0.3) is 0 Å². The molecule has 0 saturated carbocycles. The van der Waals surface area contributed by atoms with Crippen molar-refractivity contribution >= 4 is 21.7 Å². The molecule has 1 nitrogen and oxygen atoms in total. The van der Waals surface area contributed by atoms with Crippen molar-refractivity contribution in [2.24, 2.45) is 0 Å². The smallest absolute Gasteiger partial charge is 0.163 e. The Kier molecular flexibility index (Phi) is 4.54. The van der Waals surface area contributed by atoms with E-state index in [2.05, 4.69) is 48.0 Å². The predicted octanol–water partition coefficient (Wildman–Crippen LogP) is 4.88. The van der Waals surface area contributed by atoms with E-state index in [0.29, 0.717) is 6.42 Å². The van der Waals surface area contributed by atoms with E-state index in [1.165, 1.54) is 16.7 Å². The van der Waals surface area contributed by atoms with E-state index in [1.807, 2.05) is 24.3 Å². The molecule has 0 bridgehead atoms. The summed E-state index contributed by atoms with van der Waals surface area (Å²) in [4.78, 5) is 12.1. The Balaban J connectivity index is 2.06. The van der Waals surface area contributed by atoms with E-state index in [0.717, 1.165) is 16.5 Å². The summed E-state index contributed by atoms with van der Waals surface area (Å²) >= 11 is 3.38. The lowest BCUT2D eigenvalue weighted by Gasteiger charge is -2.09. The fourth-order valence-corrected chi connectivity index (χ4v) is 2.53. The number of Topliss-reactive ketones (excluding diaryl/α,β-unsaturated/α-hetero) is 1. The molecule has 98 valence electrons. The van der Waals surface area contributed by atoms with Crippen molar-refractivity contribution in [2.45, 2.75) is 26.7 Å². The highest BCUT2D eigenvalue weighted by Crippen LogP contribution is 2.17. The topological polar surface area (TPSA) is 17.1 Å². The highest BCUT2D eigenvalue weighted by Gasteiger charge is 2.08.